The fraction of sp³-hybridized carbons (Fsp3) is 0.0417. The predicted octanol–water partition coefficient (Wildman–Crippen LogP) is 6.11. The SMILES string of the molecule is Cc1ccc(-c2ccccc2C=CC#Cc2ccc(C(=O)Cl)cc2)cc1. The molecule has 3 aromatic carbocycles. The van der Waals surface area contributed by atoms with Gasteiger partial charge in [-0.25, -0.2) is 0 Å². The van der Waals surface area contributed by atoms with Crippen molar-refractivity contribution in [3.63, 3.8) is 0 Å². The number of carbonyl (C=O) groups excluding carboxylic acids is 1. The molecule has 2 heteroatoms. The highest BCUT2D eigenvalue weighted by atomic mass is 35.5. The minimum Gasteiger partial charge on any atom is -0.276 e. The summed E-state index contributed by atoms with van der Waals surface area (Å²) in [5, 5.41) is -0.461. The standard InChI is InChI=1S/C24H17ClO/c1-18-10-14-21(15-11-18)23-9-5-4-8-20(23)7-3-2-6-19-12-16-22(17-13-19)24(25)26/h3-5,7-17H,1H3. The lowest BCUT2D eigenvalue weighted by atomic mass is 9.98. The zero-order valence-corrected chi connectivity index (χ0v) is 15.1. The third-order valence-corrected chi connectivity index (χ3v) is 4.22. The lowest BCUT2D eigenvalue weighted by Gasteiger charge is -2.06. The summed E-state index contributed by atoms with van der Waals surface area (Å²) in [6.07, 6.45) is 3.85. The van der Waals surface area contributed by atoms with E-state index in [2.05, 4.69) is 55.2 Å². The van der Waals surface area contributed by atoms with Crippen LogP contribution in [0.1, 0.15) is 27.0 Å². The molecule has 0 amide bonds. The molecule has 0 aliphatic heterocycles. The number of aryl methyl sites for hydroxylation is 1. The lowest BCUT2D eigenvalue weighted by molar-refractivity contribution is 0.108. The Balaban J connectivity index is 1.80. The Morgan fingerprint density at radius 2 is 1.62 bits per heavy atom. The molecule has 0 saturated carbocycles. The van der Waals surface area contributed by atoms with Crippen molar-refractivity contribution in [2.75, 3.05) is 0 Å². The van der Waals surface area contributed by atoms with Crippen molar-refractivity contribution in [3.05, 3.63) is 101 Å². The molecule has 0 atom stereocenters. The molecule has 0 radical (unpaired) electrons. The summed E-state index contributed by atoms with van der Waals surface area (Å²) in [4.78, 5) is 11.1. The maximum absolute atomic E-state index is 11.1. The summed E-state index contributed by atoms with van der Waals surface area (Å²) in [6, 6.07) is 23.7. The van der Waals surface area contributed by atoms with E-state index >= 15 is 0 Å². The normalized spacial score (nSPS) is 10.4. The highest BCUT2D eigenvalue weighted by molar-refractivity contribution is 6.67. The van der Waals surface area contributed by atoms with Gasteiger partial charge in [0.15, 0.2) is 0 Å². The topological polar surface area (TPSA) is 17.1 Å². The summed E-state index contributed by atoms with van der Waals surface area (Å²) < 4.78 is 0. The molecule has 1 nitrogen and oxygen atoms in total. The predicted molar refractivity (Wildman–Crippen MR) is 109 cm³/mol. The number of allylic oxidation sites excluding steroid dienone is 1. The molecular formula is C24H17ClO. The Labute approximate surface area is 159 Å². The smallest absolute Gasteiger partial charge is 0.252 e. The zero-order chi connectivity index (χ0) is 18.4. The van der Waals surface area contributed by atoms with Crippen LogP contribution in [0.5, 0.6) is 0 Å². The van der Waals surface area contributed by atoms with Crippen LogP contribution in [0.15, 0.2) is 78.9 Å². The Bertz CT molecular complexity index is 1000. The molecule has 0 aliphatic rings. The number of carbonyl (C=O) groups is 1. The molecule has 0 heterocycles. The van der Waals surface area contributed by atoms with E-state index in [1.165, 1.54) is 16.7 Å². The number of hydrogen-bond donors (Lipinski definition) is 0. The van der Waals surface area contributed by atoms with Crippen molar-refractivity contribution in [1.29, 1.82) is 0 Å². The minimum atomic E-state index is -0.461. The number of hydrogen-bond acceptors (Lipinski definition) is 1. The summed E-state index contributed by atoms with van der Waals surface area (Å²) in [5.74, 6) is 6.09. The molecule has 0 saturated heterocycles. The van der Waals surface area contributed by atoms with E-state index in [4.69, 9.17) is 11.6 Å². The average Bonchev–Trinajstić information content (AvgIpc) is 2.67. The van der Waals surface area contributed by atoms with E-state index in [1.807, 2.05) is 24.3 Å². The highest BCUT2D eigenvalue weighted by Crippen LogP contribution is 2.24. The van der Waals surface area contributed by atoms with Crippen LogP contribution in [0.2, 0.25) is 0 Å². The van der Waals surface area contributed by atoms with Crippen molar-refractivity contribution in [1.82, 2.24) is 0 Å². The molecule has 0 unspecified atom stereocenters. The summed E-state index contributed by atoms with van der Waals surface area (Å²) >= 11 is 5.44. The van der Waals surface area contributed by atoms with Crippen molar-refractivity contribution in [2.24, 2.45) is 0 Å². The molecule has 0 aliphatic carbocycles. The van der Waals surface area contributed by atoms with Crippen molar-refractivity contribution < 1.29 is 4.79 Å². The van der Waals surface area contributed by atoms with Gasteiger partial charge in [0.2, 0.25) is 0 Å². The maximum atomic E-state index is 11.1. The van der Waals surface area contributed by atoms with Gasteiger partial charge in [-0.2, -0.15) is 0 Å². The van der Waals surface area contributed by atoms with Gasteiger partial charge >= 0.3 is 0 Å². The molecule has 126 valence electrons. The van der Waals surface area contributed by atoms with Gasteiger partial charge in [0.25, 0.3) is 5.24 Å². The Kier molecular flexibility index (Phi) is 5.69. The maximum Gasteiger partial charge on any atom is 0.252 e. The fourth-order valence-electron chi connectivity index (χ4n) is 2.58. The summed E-state index contributed by atoms with van der Waals surface area (Å²) in [7, 11) is 0. The Hall–Kier alpha value is -3.08. The number of halogens is 1. The second-order valence-corrected chi connectivity index (χ2v) is 6.25. The molecule has 3 rings (SSSR count). The average molecular weight is 357 g/mol. The second kappa shape index (κ2) is 8.34. The van der Waals surface area contributed by atoms with Crippen LogP contribution < -0.4 is 0 Å². The highest BCUT2D eigenvalue weighted by Gasteiger charge is 2.01. The van der Waals surface area contributed by atoms with Gasteiger partial charge in [0.1, 0.15) is 0 Å². The summed E-state index contributed by atoms with van der Waals surface area (Å²) in [6.45, 7) is 2.08. The molecule has 0 bridgehead atoms. The van der Waals surface area contributed by atoms with E-state index in [1.54, 1.807) is 24.3 Å². The van der Waals surface area contributed by atoms with Crippen LogP contribution in [0.4, 0.5) is 0 Å². The van der Waals surface area contributed by atoms with Crippen LogP contribution in [0, 0.1) is 18.8 Å². The number of benzene rings is 3. The van der Waals surface area contributed by atoms with Crippen LogP contribution in [0.3, 0.4) is 0 Å². The molecule has 0 spiro atoms. The summed E-state index contributed by atoms with van der Waals surface area (Å²) in [5.41, 5.74) is 6.03. The largest absolute Gasteiger partial charge is 0.276 e. The van der Waals surface area contributed by atoms with Crippen molar-refractivity contribution >= 4 is 22.9 Å². The van der Waals surface area contributed by atoms with Gasteiger partial charge in [-0.05, 0) is 71.6 Å². The first-order valence-electron chi connectivity index (χ1n) is 8.27. The van der Waals surface area contributed by atoms with Gasteiger partial charge < -0.3 is 0 Å². The molecule has 0 N–H and O–H groups in total. The van der Waals surface area contributed by atoms with Crippen molar-refractivity contribution in [3.8, 4) is 23.0 Å². The third-order valence-electron chi connectivity index (χ3n) is 4.00. The first-order chi connectivity index (χ1) is 12.6. The van der Waals surface area contributed by atoms with E-state index in [0.717, 1.165) is 11.1 Å². The first-order valence-corrected chi connectivity index (χ1v) is 8.65. The second-order valence-electron chi connectivity index (χ2n) is 5.91. The fourth-order valence-corrected chi connectivity index (χ4v) is 2.71. The van der Waals surface area contributed by atoms with Crippen LogP contribution in [0.25, 0.3) is 17.2 Å². The van der Waals surface area contributed by atoms with Crippen LogP contribution in [-0.4, -0.2) is 5.24 Å². The molecule has 0 aromatic heterocycles. The van der Waals surface area contributed by atoms with E-state index < -0.39 is 5.24 Å². The van der Waals surface area contributed by atoms with Crippen molar-refractivity contribution in [2.45, 2.75) is 6.92 Å². The third kappa shape index (κ3) is 4.51. The van der Waals surface area contributed by atoms with Gasteiger partial charge in [-0.3, -0.25) is 4.79 Å². The first kappa shape index (κ1) is 17.7. The van der Waals surface area contributed by atoms with Gasteiger partial charge in [-0.1, -0.05) is 65.9 Å². The monoisotopic (exact) mass is 356 g/mol. The molecule has 26 heavy (non-hydrogen) atoms. The van der Waals surface area contributed by atoms with E-state index in [0.29, 0.717) is 5.56 Å². The van der Waals surface area contributed by atoms with E-state index in [9.17, 15) is 4.79 Å². The molecular weight excluding hydrogens is 340 g/mol. The van der Waals surface area contributed by atoms with E-state index in [-0.39, 0.29) is 0 Å². The quantitative estimate of drug-likeness (QED) is 0.409. The molecule has 0 fully saturated rings. The number of rotatable bonds is 3. The molecule has 3 aromatic rings. The Morgan fingerprint density at radius 3 is 2.31 bits per heavy atom. The van der Waals surface area contributed by atoms with Gasteiger partial charge in [-0.15, -0.1) is 0 Å². The zero-order valence-electron chi connectivity index (χ0n) is 14.4. The van der Waals surface area contributed by atoms with Gasteiger partial charge in [0, 0.05) is 11.1 Å². The van der Waals surface area contributed by atoms with Gasteiger partial charge in [0.05, 0.1) is 0 Å². The van der Waals surface area contributed by atoms with Crippen LogP contribution in [-0.2, 0) is 0 Å². The Morgan fingerprint density at radius 1 is 0.923 bits per heavy atom. The lowest BCUT2D eigenvalue weighted by Crippen LogP contribution is -1.87. The minimum absolute atomic E-state index is 0.461. The van der Waals surface area contributed by atoms with Crippen LogP contribution >= 0.6 is 11.6 Å².